The fourth-order valence-electron chi connectivity index (χ4n) is 20.6. The predicted molar refractivity (Wildman–Crippen MR) is 508 cm³/mol. The van der Waals surface area contributed by atoms with Crippen LogP contribution in [0.5, 0.6) is 0 Å². The fourth-order valence-corrected chi connectivity index (χ4v) is 20.6. The molecule has 1 aliphatic heterocycles. The van der Waals surface area contributed by atoms with Crippen LogP contribution in [-0.4, -0.2) is 10.6 Å². The average Bonchev–Trinajstić information content (AvgIpc) is 1.66. The first-order valence-electron chi connectivity index (χ1n) is 42.9. The third-order valence-corrected chi connectivity index (χ3v) is 26.4. The van der Waals surface area contributed by atoms with Crippen molar-refractivity contribution in [2.45, 2.75) is 62.8 Å². The Morgan fingerprint density at radius 2 is 0.868 bits per heavy atom. The van der Waals surface area contributed by atoms with Crippen LogP contribution >= 0.6 is 0 Å². The van der Waals surface area contributed by atoms with Crippen molar-refractivity contribution in [3.8, 4) is 94.7 Å². The molecule has 5 aliphatic rings. The molecule has 4 aliphatic carbocycles. The average molecular weight is 1550 g/mol. The Labute approximate surface area is 709 Å². The lowest BCUT2D eigenvalue weighted by Gasteiger charge is -2.46. The standard InChI is InChI=1S/C117H88N4/c1-117-71-21-20-39-95(117)63-55-92-73-89(62-70-110(92)117)83-56-64-97(65-57-83)118(98-68-60-85(61-69-98)105-46-15-14-45-104(105)84-32-10-4-11-33-84)101-43-24-37-90(76-101)106-50-27-54-114-116(106)109-48-17-19-52-112(109)121(114)99-66-58-82(59-67-99)86-34-22-35-87(72-86)88-36-23-42-100(75-88)119(103-78-93(80-28-6-2-7-29-80)74-94(79-103)81-30-8-3-9-31-81)102-44-25-38-91(77-102)107-49-26-53-113-115(107)108-47-16-18-51-111(108)120(113)96-40-12-5-13-41-96/h2-19,22,24-35,37-38,40-54,56-62,64-70,72-79,95,109,112H,20-21,39,55,63,71H2,1H3. The molecule has 4 unspecified atom stereocenters. The van der Waals surface area contributed by atoms with Crippen LogP contribution in [0.25, 0.3) is 122 Å². The summed E-state index contributed by atoms with van der Waals surface area (Å²) in [5, 5.41) is 2.43. The molecule has 0 spiro atoms. The third-order valence-electron chi connectivity index (χ3n) is 26.4. The van der Waals surface area contributed by atoms with Crippen molar-refractivity contribution in [1.29, 1.82) is 0 Å². The van der Waals surface area contributed by atoms with Crippen molar-refractivity contribution >= 4 is 67.2 Å². The Bertz CT molecular complexity index is 7000. The van der Waals surface area contributed by atoms with Crippen molar-refractivity contribution < 1.29 is 0 Å². The number of para-hydroxylation sites is 2. The number of aryl methyl sites for hydroxylation is 1. The second-order valence-electron chi connectivity index (χ2n) is 33.4. The van der Waals surface area contributed by atoms with Gasteiger partial charge in [0.25, 0.3) is 0 Å². The van der Waals surface area contributed by atoms with E-state index in [-0.39, 0.29) is 17.4 Å². The number of nitrogens with zero attached hydrogens (tertiary/aromatic N) is 4. The van der Waals surface area contributed by atoms with E-state index in [0.717, 1.165) is 107 Å². The number of fused-ring (bicyclic) bond motifs is 9. The molecule has 2 heterocycles. The molecule has 0 bridgehead atoms. The molecule has 0 amide bonds. The molecule has 1 saturated carbocycles. The van der Waals surface area contributed by atoms with Crippen molar-refractivity contribution in [3.05, 3.63) is 464 Å². The van der Waals surface area contributed by atoms with Crippen LogP contribution in [0.3, 0.4) is 0 Å². The minimum absolute atomic E-state index is 0.0794. The Balaban J connectivity index is 0.591. The van der Waals surface area contributed by atoms with E-state index >= 15 is 0 Å². The normalized spacial score (nSPS) is 16.7. The SMILES string of the molecule is CC12CCCCC1CCc1cc(-c3ccc(N(c4ccc(-c5ccccc5-c5ccccc5)cc4)c4cccc(-c5cccc6c5C5C=CC=CC5N6c5ccc(-c6cccc(C7=C=C=CC(N(c8cc(-c9ccccc9)cc(-c9ccccc9)c8)c8cccc(-c9cccc%10c9c9ccccc9n%10-c9ccccc9)c8)=C7)c6)cc5)c4)cc3)ccc12. The Morgan fingerprint density at radius 3 is 1.59 bits per heavy atom. The van der Waals surface area contributed by atoms with E-state index in [2.05, 4.69) is 462 Å². The smallest absolute Gasteiger partial charge is 0.0629 e. The molecule has 576 valence electrons. The molecule has 1 aromatic heterocycles. The van der Waals surface area contributed by atoms with E-state index < -0.39 is 0 Å². The Morgan fingerprint density at radius 1 is 0.355 bits per heavy atom. The number of hydrogen-bond acceptors (Lipinski definition) is 3. The lowest BCUT2D eigenvalue weighted by atomic mass is 9.58. The molecule has 16 aromatic carbocycles. The molecular weight excluding hydrogens is 1460 g/mol. The lowest BCUT2D eigenvalue weighted by molar-refractivity contribution is 0.178. The van der Waals surface area contributed by atoms with Gasteiger partial charge in [0, 0.05) is 73.8 Å². The highest BCUT2D eigenvalue weighted by atomic mass is 15.2. The van der Waals surface area contributed by atoms with Crippen molar-refractivity contribution in [1.82, 2.24) is 4.57 Å². The molecule has 121 heavy (non-hydrogen) atoms. The second-order valence-corrected chi connectivity index (χ2v) is 33.4. The van der Waals surface area contributed by atoms with Crippen LogP contribution in [0.2, 0.25) is 0 Å². The number of allylic oxidation sites excluding steroid dienone is 5. The van der Waals surface area contributed by atoms with E-state index in [1.807, 2.05) is 0 Å². The number of benzene rings is 16. The summed E-state index contributed by atoms with van der Waals surface area (Å²) < 4.78 is 2.40. The molecule has 0 saturated heterocycles. The zero-order valence-electron chi connectivity index (χ0n) is 67.7. The summed E-state index contributed by atoms with van der Waals surface area (Å²) >= 11 is 0. The van der Waals surface area contributed by atoms with Crippen LogP contribution in [-0.2, 0) is 11.8 Å². The molecular formula is C117H88N4. The fraction of sp³-hybridized carbons (Fsp3) is 0.0940. The second kappa shape index (κ2) is 30.9. The van der Waals surface area contributed by atoms with Gasteiger partial charge in [-0.05, 0) is 270 Å². The van der Waals surface area contributed by atoms with E-state index in [0.29, 0.717) is 0 Å². The highest BCUT2D eigenvalue weighted by Crippen LogP contribution is 2.55. The van der Waals surface area contributed by atoms with Gasteiger partial charge in [0.15, 0.2) is 0 Å². The molecule has 4 nitrogen and oxygen atoms in total. The van der Waals surface area contributed by atoms with Gasteiger partial charge in [0.05, 0.1) is 22.8 Å². The molecule has 4 atom stereocenters. The first-order valence-corrected chi connectivity index (χ1v) is 42.9. The van der Waals surface area contributed by atoms with Crippen LogP contribution in [0, 0.1) is 5.92 Å². The van der Waals surface area contributed by atoms with Crippen molar-refractivity contribution in [2.75, 3.05) is 14.7 Å². The predicted octanol–water partition coefficient (Wildman–Crippen LogP) is 31.1. The van der Waals surface area contributed by atoms with E-state index in [1.165, 1.54) is 116 Å². The molecule has 17 aromatic rings. The topological polar surface area (TPSA) is 14.7 Å². The van der Waals surface area contributed by atoms with Crippen LogP contribution in [0.15, 0.2) is 442 Å². The third kappa shape index (κ3) is 13.3. The number of hydrogen-bond donors (Lipinski definition) is 0. The van der Waals surface area contributed by atoms with E-state index in [1.54, 1.807) is 11.1 Å². The van der Waals surface area contributed by atoms with Gasteiger partial charge >= 0.3 is 0 Å². The highest BCUT2D eigenvalue weighted by Gasteiger charge is 2.42. The van der Waals surface area contributed by atoms with Gasteiger partial charge in [0.2, 0.25) is 0 Å². The minimum atomic E-state index is 0.0794. The summed E-state index contributed by atoms with van der Waals surface area (Å²) in [5.74, 6) is 0.921. The number of aromatic nitrogens is 1. The zero-order valence-corrected chi connectivity index (χ0v) is 67.7. The van der Waals surface area contributed by atoms with Gasteiger partial charge in [-0.15, -0.1) is 0 Å². The van der Waals surface area contributed by atoms with E-state index in [9.17, 15) is 0 Å². The minimum Gasteiger partial charge on any atom is -0.333 e. The summed E-state index contributed by atoms with van der Waals surface area (Å²) in [6, 6.07) is 144. The Kier molecular flexibility index (Phi) is 18.6. The van der Waals surface area contributed by atoms with Gasteiger partial charge in [-0.1, -0.05) is 329 Å². The molecule has 1 fully saturated rings. The molecule has 4 heteroatoms. The first kappa shape index (κ1) is 72.7. The largest absolute Gasteiger partial charge is 0.333 e. The number of anilines is 7. The quantitative estimate of drug-likeness (QED) is 0.0845. The summed E-state index contributed by atoms with van der Waals surface area (Å²) in [5.41, 5.74) is 44.9. The van der Waals surface area contributed by atoms with E-state index in [4.69, 9.17) is 0 Å². The van der Waals surface area contributed by atoms with Crippen LogP contribution < -0.4 is 14.7 Å². The number of rotatable bonds is 17. The van der Waals surface area contributed by atoms with Crippen LogP contribution in [0.1, 0.15) is 67.2 Å². The molecule has 22 rings (SSSR count). The van der Waals surface area contributed by atoms with Gasteiger partial charge in [0.1, 0.15) is 0 Å². The highest BCUT2D eigenvalue weighted by molar-refractivity contribution is 6.16. The maximum Gasteiger partial charge on any atom is 0.0629 e. The van der Waals surface area contributed by atoms with Gasteiger partial charge in [-0.25, -0.2) is 0 Å². The first-order chi connectivity index (χ1) is 59.9. The maximum atomic E-state index is 3.61. The van der Waals surface area contributed by atoms with Gasteiger partial charge in [-0.3, -0.25) is 0 Å². The monoisotopic (exact) mass is 1550 g/mol. The summed E-state index contributed by atoms with van der Waals surface area (Å²) in [4.78, 5) is 7.42. The summed E-state index contributed by atoms with van der Waals surface area (Å²) in [7, 11) is 0. The molecule has 0 radical (unpaired) electrons. The van der Waals surface area contributed by atoms with Crippen molar-refractivity contribution in [2.24, 2.45) is 5.92 Å². The van der Waals surface area contributed by atoms with Gasteiger partial charge in [-0.2, -0.15) is 0 Å². The summed E-state index contributed by atoms with van der Waals surface area (Å²) in [6.07, 6.45) is 21.5. The zero-order chi connectivity index (χ0) is 80.3. The van der Waals surface area contributed by atoms with Crippen molar-refractivity contribution in [3.63, 3.8) is 0 Å². The van der Waals surface area contributed by atoms with Gasteiger partial charge < -0.3 is 19.3 Å². The lowest BCUT2D eigenvalue weighted by Crippen LogP contribution is -2.39. The van der Waals surface area contributed by atoms with Crippen LogP contribution in [0.4, 0.5) is 39.8 Å². The molecule has 0 N–H and O–H groups in total. The summed E-state index contributed by atoms with van der Waals surface area (Å²) in [6.45, 7) is 2.55. The Hall–Kier alpha value is -14.8. The maximum absolute atomic E-state index is 3.61.